The summed E-state index contributed by atoms with van der Waals surface area (Å²) in [6, 6.07) is 8.05. The highest BCUT2D eigenvalue weighted by molar-refractivity contribution is 9.13. The Labute approximate surface area is 121 Å². The number of halogens is 2. The van der Waals surface area contributed by atoms with Crippen molar-refractivity contribution in [2.45, 2.75) is 13.3 Å². The SMILES string of the molecule is Cc1cccc(CC(=O)c2scc(Br)c2Br)c1. The van der Waals surface area contributed by atoms with Gasteiger partial charge in [-0.2, -0.15) is 0 Å². The fourth-order valence-electron chi connectivity index (χ4n) is 1.60. The van der Waals surface area contributed by atoms with Gasteiger partial charge in [-0.1, -0.05) is 29.8 Å². The minimum absolute atomic E-state index is 0.151. The van der Waals surface area contributed by atoms with Crippen LogP contribution in [0.25, 0.3) is 0 Å². The molecule has 0 N–H and O–H groups in total. The van der Waals surface area contributed by atoms with E-state index in [0.29, 0.717) is 6.42 Å². The number of thiophene rings is 1. The van der Waals surface area contributed by atoms with Crippen molar-refractivity contribution in [3.05, 3.63) is 54.6 Å². The maximum Gasteiger partial charge on any atom is 0.178 e. The molecule has 0 saturated heterocycles. The second-order valence-corrected chi connectivity index (χ2v) is 6.34. The second kappa shape index (κ2) is 5.46. The number of ketones is 1. The van der Waals surface area contributed by atoms with Crippen LogP contribution >= 0.6 is 43.2 Å². The number of aryl methyl sites for hydroxylation is 1. The molecule has 0 saturated carbocycles. The zero-order valence-electron chi connectivity index (χ0n) is 9.17. The van der Waals surface area contributed by atoms with Crippen LogP contribution in [0.3, 0.4) is 0 Å². The van der Waals surface area contributed by atoms with Crippen LogP contribution in [-0.4, -0.2) is 5.78 Å². The highest BCUT2D eigenvalue weighted by atomic mass is 79.9. The van der Waals surface area contributed by atoms with Crippen LogP contribution in [0.2, 0.25) is 0 Å². The van der Waals surface area contributed by atoms with E-state index in [1.165, 1.54) is 16.9 Å². The molecule has 0 amide bonds. The molecule has 2 rings (SSSR count). The minimum Gasteiger partial charge on any atom is -0.293 e. The molecule has 88 valence electrons. The maximum absolute atomic E-state index is 12.1. The van der Waals surface area contributed by atoms with Crippen molar-refractivity contribution >= 4 is 49.0 Å². The number of carbonyl (C=O) groups excluding carboxylic acids is 1. The monoisotopic (exact) mass is 372 g/mol. The molecule has 0 spiro atoms. The molecule has 1 heterocycles. The maximum atomic E-state index is 12.1. The van der Waals surface area contributed by atoms with E-state index in [-0.39, 0.29) is 5.78 Å². The summed E-state index contributed by atoms with van der Waals surface area (Å²) in [4.78, 5) is 12.9. The molecular formula is C13H10Br2OS. The molecule has 1 aromatic heterocycles. The molecule has 0 bridgehead atoms. The lowest BCUT2D eigenvalue weighted by Crippen LogP contribution is -2.02. The van der Waals surface area contributed by atoms with Gasteiger partial charge < -0.3 is 0 Å². The standard InChI is InChI=1S/C13H10Br2OS/c1-8-3-2-4-9(5-8)6-11(16)13-12(15)10(14)7-17-13/h2-5,7H,6H2,1H3. The summed E-state index contributed by atoms with van der Waals surface area (Å²) in [6.07, 6.45) is 0.452. The van der Waals surface area contributed by atoms with Crippen molar-refractivity contribution < 1.29 is 4.79 Å². The van der Waals surface area contributed by atoms with Gasteiger partial charge in [0.2, 0.25) is 0 Å². The van der Waals surface area contributed by atoms with Crippen LogP contribution in [0.1, 0.15) is 20.8 Å². The van der Waals surface area contributed by atoms with Crippen LogP contribution in [0.4, 0.5) is 0 Å². The van der Waals surface area contributed by atoms with Crippen LogP contribution in [0.5, 0.6) is 0 Å². The number of Topliss-reactive ketones (excluding diaryl/α,β-unsaturated/α-hetero) is 1. The Hall–Kier alpha value is -0.450. The Bertz CT molecular complexity index is 560. The summed E-state index contributed by atoms with van der Waals surface area (Å²) in [5.41, 5.74) is 2.24. The molecule has 0 atom stereocenters. The smallest absolute Gasteiger partial charge is 0.178 e. The van der Waals surface area contributed by atoms with Crippen LogP contribution < -0.4 is 0 Å². The zero-order chi connectivity index (χ0) is 12.4. The van der Waals surface area contributed by atoms with Gasteiger partial charge in [0, 0.05) is 16.3 Å². The average Bonchev–Trinajstić information content (AvgIpc) is 2.60. The lowest BCUT2D eigenvalue weighted by molar-refractivity contribution is 0.0996. The molecule has 4 heteroatoms. The fourth-order valence-corrected chi connectivity index (χ4v) is 3.73. The highest BCUT2D eigenvalue weighted by Gasteiger charge is 2.15. The molecule has 1 aromatic carbocycles. The zero-order valence-corrected chi connectivity index (χ0v) is 13.2. The van der Waals surface area contributed by atoms with Crippen molar-refractivity contribution in [3.8, 4) is 0 Å². The predicted molar refractivity (Wildman–Crippen MR) is 78.9 cm³/mol. The quantitative estimate of drug-likeness (QED) is 0.691. The van der Waals surface area contributed by atoms with Crippen molar-refractivity contribution in [3.63, 3.8) is 0 Å². The summed E-state index contributed by atoms with van der Waals surface area (Å²) in [5, 5.41) is 1.92. The molecular weight excluding hydrogens is 364 g/mol. The van der Waals surface area contributed by atoms with Gasteiger partial charge in [-0.05, 0) is 44.3 Å². The number of hydrogen-bond acceptors (Lipinski definition) is 2. The largest absolute Gasteiger partial charge is 0.293 e. The summed E-state index contributed by atoms with van der Waals surface area (Å²) < 4.78 is 1.80. The van der Waals surface area contributed by atoms with Crippen molar-refractivity contribution in [1.29, 1.82) is 0 Å². The number of rotatable bonds is 3. The third kappa shape index (κ3) is 3.06. The summed E-state index contributed by atoms with van der Waals surface area (Å²) >= 11 is 8.28. The first kappa shape index (κ1) is 13.0. The van der Waals surface area contributed by atoms with E-state index in [4.69, 9.17) is 0 Å². The Morgan fingerprint density at radius 3 is 2.71 bits per heavy atom. The first-order chi connectivity index (χ1) is 8.08. The van der Waals surface area contributed by atoms with Gasteiger partial charge in [-0.15, -0.1) is 11.3 Å². The average molecular weight is 374 g/mol. The molecule has 17 heavy (non-hydrogen) atoms. The lowest BCUT2D eigenvalue weighted by atomic mass is 10.1. The Kier molecular flexibility index (Phi) is 4.17. The first-order valence-electron chi connectivity index (χ1n) is 5.09. The number of hydrogen-bond donors (Lipinski definition) is 0. The molecule has 0 aliphatic heterocycles. The van der Waals surface area contributed by atoms with E-state index in [2.05, 4.69) is 37.9 Å². The predicted octanol–water partition coefficient (Wildman–Crippen LogP) is 5.01. The molecule has 0 aliphatic rings. The van der Waals surface area contributed by atoms with E-state index in [1.807, 2.05) is 30.5 Å². The fraction of sp³-hybridized carbons (Fsp3) is 0.154. The molecule has 0 unspecified atom stereocenters. The van der Waals surface area contributed by atoms with Gasteiger partial charge >= 0.3 is 0 Å². The van der Waals surface area contributed by atoms with Gasteiger partial charge in [-0.3, -0.25) is 4.79 Å². The highest BCUT2D eigenvalue weighted by Crippen LogP contribution is 2.33. The van der Waals surface area contributed by atoms with Gasteiger partial charge in [0.1, 0.15) is 0 Å². The van der Waals surface area contributed by atoms with Crippen molar-refractivity contribution in [1.82, 2.24) is 0 Å². The Balaban J connectivity index is 2.20. The van der Waals surface area contributed by atoms with Crippen molar-refractivity contribution in [2.75, 3.05) is 0 Å². The molecule has 0 aliphatic carbocycles. The third-order valence-electron chi connectivity index (χ3n) is 2.39. The van der Waals surface area contributed by atoms with E-state index in [0.717, 1.165) is 19.4 Å². The van der Waals surface area contributed by atoms with Gasteiger partial charge in [0.25, 0.3) is 0 Å². The molecule has 0 fully saturated rings. The molecule has 1 nitrogen and oxygen atoms in total. The van der Waals surface area contributed by atoms with Gasteiger partial charge in [0.15, 0.2) is 5.78 Å². The van der Waals surface area contributed by atoms with E-state index >= 15 is 0 Å². The van der Waals surface area contributed by atoms with E-state index < -0.39 is 0 Å². The number of benzene rings is 1. The first-order valence-corrected chi connectivity index (χ1v) is 7.55. The summed E-state index contributed by atoms with van der Waals surface area (Å²) in [7, 11) is 0. The van der Waals surface area contributed by atoms with Crippen LogP contribution in [0, 0.1) is 6.92 Å². The Morgan fingerprint density at radius 1 is 1.35 bits per heavy atom. The topological polar surface area (TPSA) is 17.1 Å². The van der Waals surface area contributed by atoms with Crippen LogP contribution in [-0.2, 0) is 6.42 Å². The van der Waals surface area contributed by atoms with Crippen molar-refractivity contribution in [2.24, 2.45) is 0 Å². The van der Waals surface area contributed by atoms with Gasteiger partial charge in [0.05, 0.1) is 9.35 Å². The van der Waals surface area contributed by atoms with E-state index in [9.17, 15) is 4.79 Å². The molecule has 2 aromatic rings. The summed E-state index contributed by atoms with van der Waals surface area (Å²) in [5.74, 6) is 0.151. The normalized spacial score (nSPS) is 10.5. The Morgan fingerprint density at radius 2 is 2.12 bits per heavy atom. The summed E-state index contributed by atoms with van der Waals surface area (Å²) in [6.45, 7) is 2.03. The molecule has 0 radical (unpaired) electrons. The third-order valence-corrected chi connectivity index (χ3v) is 5.96. The second-order valence-electron chi connectivity index (χ2n) is 3.82. The van der Waals surface area contributed by atoms with Crippen LogP contribution in [0.15, 0.2) is 38.6 Å². The lowest BCUT2D eigenvalue weighted by Gasteiger charge is -2.01. The van der Waals surface area contributed by atoms with Gasteiger partial charge in [-0.25, -0.2) is 0 Å². The van der Waals surface area contributed by atoms with E-state index in [1.54, 1.807) is 0 Å². The minimum atomic E-state index is 0.151. The number of carbonyl (C=O) groups is 1.